The Morgan fingerprint density at radius 2 is 1.93 bits per heavy atom. The number of hydrogen-bond acceptors (Lipinski definition) is 3. The lowest BCUT2D eigenvalue weighted by molar-refractivity contribution is 0.751. The van der Waals surface area contributed by atoms with Crippen LogP contribution in [0.15, 0.2) is 24.3 Å². The fraction of sp³-hybridized carbons (Fsp3) is 0.455. The van der Waals surface area contributed by atoms with Gasteiger partial charge in [-0.1, -0.05) is 12.1 Å². The first-order valence-electron chi connectivity index (χ1n) is 4.89. The van der Waals surface area contributed by atoms with Crippen LogP contribution in [0.4, 0.5) is 5.69 Å². The van der Waals surface area contributed by atoms with Crippen LogP contribution in [0.2, 0.25) is 0 Å². The van der Waals surface area contributed by atoms with Crippen molar-refractivity contribution in [1.82, 2.24) is 5.32 Å². The molecule has 1 N–H and O–H groups in total. The summed E-state index contributed by atoms with van der Waals surface area (Å²) < 4.78 is 0. The van der Waals surface area contributed by atoms with Crippen LogP contribution in [0, 0.1) is 0 Å². The molecule has 15 heavy (non-hydrogen) atoms. The maximum absolute atomic E-state index is 3.47. The highest BCUT2D eigenvalue weighted by Gasteiger charge is 2.16. The predicted octanol–water partition coefficient (Wildman–Crippen LogP) is 2.51. The summed E-state index contributed by atoms with van der Waals surface area (Å²) in [4.78, 5) is 2.12. The second-order valence-corrected chi connectivity index (χ2v) is 4.90. The monoisotopic (exact) mass is 244 g/mol. The summed E-state index contributed by atoms with van der Waals surface area (Å²) in [6, 6.07) is 8.78. The lowest BCUT2D eigenvalue weighted by Crippen LogP contribution is -2.12. The highest BCUT2D eigenvalue weighted by atomic mass is 35.5. The quantitative estimate of drug-likeness (QED) is 0.861. The van der Waals surface area contributed by atoms with Crippen molar-refractivity contribution in [3.05, 3.63) is 29.8 Å². The van der Waals surface area contributed by atoms with Gasteiger partial charge >= 0.3 is 0 Å². The number of benzene rings is 1. The molecule has 0 saturated carbocycles. The molecule has 4 heteroatoms. The fourth-order valence-electron chi connectivity index (χ4n) is 1.59. The lowest BCUT2D eigenvalue weighted by atomic mass is 10.2. The largest absolute Gasteiger partial charge is 0.378 e. The van der Waals surface area contributed by atoms with Gasteiger partial charge in [0.25, 0.3) is 0 Å². The normalized spacial score (nSPS) is 19.7. The lowest BCUT2D eigenvalue weighted by Gasteiger charge is -2.14. The van der Waals surface area contributed by atoms with Gasteiger partial charge < -0.3 is 10.2 Å². The van der Waals surface area contributed by atoms with E-state index in [0.29, 0.717) is 5.37 Å². The summed E-state index contributed by atoms with van der Waals surface area (Å²) in [5.41, 5.74) is 2.65. The van der Waals surface area contributed by atoms with E-state index in [-0.39, 0.29) is 12.4 Å². The van der Waals surface area contributed by atoms with Gasteiger partial charge in [-0.25, -0.2) is 0 Å². The van der Waals surface area contributed by atoms with E-state index >= 15 is 0 Å². The maximum atomic E-state index is 3.47. The first-order valence-corrected chi connectivity index (χ1v) is 5.94. The van der Waals surface area contributed by atoms with Crippen molar-refractivity contribution in [3.8, 4) is 0 Å². The standard InChI is InChI=1S/C11H16N2S.ClH/c1-13(2)10-5-3-9(4-6-10)11-12-7-8-14-11;/h3-6,11-12H,7-8H2,1-2H3;1H. The zero-order chi connectivity index (χ0) is 9.97. The van der Waals surface area contributed by atoms with E-state index in [1.165, 1.54) is 17.0 Å². The molecule has 1 heterocycles. The Morgan fingerprint density at radius 3 is 2.40 bits per heavy atom. The molecule has 1 aromatic rings. The Balaban J connectivity index is 0.00000112. The van der Waals surface area contributed by atoms with Crippen molar-refractivity contribution < 1.29 is 0 Å². The minimum absolute atomic E-state index is 0. The molecule has 1 aromatic carbocycles. The van der Waals surface area contributed by atoms with E-state index in [4.69, 9.17) is 0 Å². The molecule has 84 valence electrons. The van der Waals surface area contributed by atoms with Crippen molar-refractivity contribution in [2.75, 3.05) is 31.3 Å². The van der Waals surface area contributed by atoms with E-state index in [9.17, 15) is 0 Å². The summed E-state index contributed by atoms with van der Waals surface area (Å²) >= 11 is 1.99. The molecule has 2 rings (SSSR count). The third kappa shape index (κ3) is 3.03. The Kier molecular flexibility index (Phi) is 4.77. The van der Waals surface area contributed by atoms with E-state index in [2.05, 4.69) is 48.6 Å². The summed E-state index contributed by atoms with van der Waals surface area (Å²) in [6.07, 6.45) is 0. The molecule has 0 bridgehead atoms. The Hall–Kier alpha value is -0.380. The third-order valence-electron chi connectivity index (χ3n) is 2.43. The smallest absolute Gasteiger partial charge is 0.0790 e. The molecule has 1 aliphatic heterocycles. The molecular formula is C11H17ClN2S. The number of hydrogen-bond donors (Lipinski definition) is 1. The van der Waals surface area contributed by atoms with Crippen LogP contribution in [0.3, 0.4) is 0 Å². The van der Waals surface area contributed by atoms with Crippen molar-refractivity contribution in [1.29, 1.82) is 0 Å². The van der Waals surface area contributed by atoms with Crippen LogP contribution in [0.1, 0.15) is 10.9 Å². The predicted molar refractivity (Wildman–Crippen MR) is 71.2 cm³/mol. The average Bonchev–Trinajstić information content (AvgIpc) is 2.71. The average molecular weight is 245 g/mol. The molecule has 0 aromatic heterocycles. The molecule has 1 saturated heterocycles. The SMILES string of the molecule is CN(C)c1ccc(C2NCCS2)cc1.Cl. The molecule has 2 nitrogen and oxygen atoms in total. The first kappa shape index (κ1) is 12.7. The number of nitrogens with zero attached hydrogens (tertiary/aromatic N) is 1. The summed E-state index contributed by atoms with van der Waals surface area (Å²) in [5, 5.41) is 3.98. The van der Waals surface area contributed by atoms with Gasteiger partial charge in [0.05, 0.1) is 5.37 Å². The van der Waals surface area contributed by atoms with E-state index in [0.717, 1.165) is 6.54 Å². The van der Waals surface area contributed by atoms with Gasteiger partial charge in [-0.15, -0.1) is 24.2 Å². The zero-order valence-corrected chi connectivity index (χ0v) is 10.7. The van der Waals surface area contributed by atoms with Crippen LogP contribution >= 0.6 is 24.2 Å². The zero-order valence-electron chi connectivity index (χ0n) is 9.06. The molecule has 1 fully saturated rings. The van der Waals surface area contributed by atoms with Crippen LogP contribution in [0.25, 0.3) is 0 Å². The molecular weight excluding hydrogens is 228 g/mol. The van der Waals surface area contributed by atoms with E-state index < -0.39 is 0 Å². The fourth-order valence-corrected chi connectivity index (χ4v) is 2.64. The Labute approximate surface area is 102 Å². The molecule has 0 amide bonds. The summed E-state index contributed by atoms with van der Waals surface area (Å²) in [7, 11) is 4.13. The molecule has 0 spiro atoms. The van der Waals surface area contributed by atoms with Gasteiger partial charge in [0.15, 0.2) is 0 Å². The van der Waals surface area contributed by atoms with Crippen LogP contribution < -0.4 is 10.2 Å². The van der Waals surface area contributed by atoms with Gasteiger partial charge in [0.1, 0.15) is 0 Å². The Morgan fingerprint density at radius 1 is 1.27 bits per heavy atom. The van der Waals surface area contributed by atoms with Gasteiger partial charge in [-0.05, 0) is 17.7 Å². The van der Waals surface area contributed by atoms with Crippen LogP contribution in [0.5, 0.6) is 0 Å². The Bertz CT molecular complexity index is 294. The second kappa shape index (κ2) is 5.64. The molecule has 1 aliphatic rings. The summed E-state index contributed by atoms with van der Waals surface area (Å²) in [5.74, 6) is 1.22. The van der Waals surface area contributed by atoms with Crippen molar-refractivity contribution in [2.24, 2.45) is 0 Å². The van der Waals surface area contributed by atoms with Gasteiger partial charge in [-0.2, -0.15) is 0 Å². The van der Waals surface area contributed by atoms with Gasteiger partial charge in [0.2, 0.25) is 0 Å². The number of rotatable bonds is 2. The van der Waals surface area contributed by atoms with Crippen molar-refractivity contribution in [2.45, 2.75) is 5.37 Å². The molecule has 1 atom stereocenters. The van der Waals surface area contributed by atoms with Gasteiger partial charge in [-0.3, -0.25) is 0 Å². The minimum Gasteiger partial charge on any atom is -0.378 e. The van der Waals surface area contributed by atoms with Crippen molar-refractivity contribution >= 4 is 29.9 Å². The number of halogens is 1. The highest BCUT2D eigenvalue weighted by Crippen LogP contribution is 2.30. The third-order valence-corrected chi connectivity index (χ3v) is 3.64. The summed E-state index contributed by atoms with van der Waals surface area (Å²) in [6.45, 7) is 1.13. The number of thioether (sulfide) groups is 1. The minimum atomic E-state index is 0. The van der Waals surface area contributed by atoms with Crippen LogP contribution in [-0.2, 0) is 0 Å². The number of anilines is 1. The topological polar surface area (TPSA) is 15.3 Å². The van der Waals surface area contributed by atoms with Crippen molar-refractivity contribution in [3.63, 3.8) is 0 Å². The van der Waals surface area contributed by atoms with Gasteiger partial charge in [0, 0.05) is 32.1 Å². The maximum Gasteiger partial charge on any atom is 0.0790 e. The first-order chi connectivity index (χ1) is 6.77. The molecule has 0 radical (unpaired) electrons. The number of nitrogens with one attached hydrogen (secondary N) is 1. The van der Waals surface area contributed by atoms with E-state index in [1.807, 2.05) is 11.8 Å². The second-order valence-electron chi connectivity index (χ2n) is 3.69. The molecule has 1 unspecified atom stereocenters. The highest BCUT2D eigenvalue weighted by molar-refractivity contribution is 7.99. The van der Waals surface area contributed by atoms with E-state index in [1.54, 1.807) is 0 Å². The molecule has 0 aliphatic carbocycles. The van der Waals surface area contributed by atoms with Crippen LogP contribution in [-0.4, -0.2) is 26.4 Å².